The van der Waals surface area contributed by atoms with Gasteiger partial charge in [-0.25, -0.2) is 0 Å². The van der Waals surface area contributed by atoms with Crippen molar-refractivity contribution in [3.8, 4) is 0 Å². The molecule has 3 aliphatic heterocycles. The molecule has 0 amide bonds. The first-order valence-corrected chi connectivity index (χ1v) is 22.7. The Morgan fingerprint density at radius 1 is 0.692 bits per heavy atom. The average Bonchev–Trinajstić information content (AvgIpc) is 3.45. The number of ether oxygens (including phenoxy) is 6. The Kier molecular flexibility index (Phi) is 17.5. The van der Waals surface area contributed by atoms with Crippen molar-refractivity contribution >= 4 is 5.97 Å². The van der Waals surface area contributed by atoms with Gasteiger partial charge in [0, 0.05) is 0 Å². The average molecular weight is 941 g/mol. The van der Waals surface area contributed by atoms with Gasteiger partial charge in [-0.3, -0.25) is 4.79 Å². The van der Waals surface area contributed by atoms with Crippen molar-refractivity contribution in [3.05, 3.63) is 12.2 Å². The zero-order chi connectivity index (χ0) is 47.9. The lowest BCUT2D eigenvalue weighted by molar-refractivity contribution is -0.363. The molecule has 0 bridgehead atoms. The SMILES string of the molecule is C=C1CC2CCC3[C@](C)(C(=O)OC4OC(CO)C(O)C(O)C4OC4OC(CO)C(O)C(O)C4O)CCC[C@@]3(C)[C@@H]2CCC1CC(OC1OC(CO)C(O)C(O)C1O)C(O)C(O)C(O)CO. The number of fused-ring (bicyclic) bond motifs is 3. The fourth-order valence-corrected chi connectivity index (χ4v) is 11.9. The van der Waals surface area contributed by atoms with Gasteiger partial charge in [-0.2, -0.15) is 0 Å². The molecule has 0 spiro atoms. The molecule has 6 aliphatic rings. The van der Waals surface area contributed by atoms with E-state index in [0.717, 1.165) is 12.0 Å². The third-order valence-electron chi connectivity index (χ3n) is 15.8. The van der Waals surface area contributed by atoms with E-state index in [4.69, 9.17) is 28.4 Å². The standard InChI is InChI=1S/C43H72O22/c1-17-11-19-6-8-26-42(2,20(19)7-5-18(17)12-22(28(50)27(49)21(48)13-44)60-38-35(57)32(54)29(51)23(14-45)61-38)9-4-10-43(26,3)41(59)65-40-37(34(56)31(53)25(16-47)63-40)64-39-36(58)33(55)30(52)24(15-46)62-39/h18-40,44-58H,1,4-16H2,2-3H3/t18?,19?,20-,21?,22?,23?,24?,25?,26?,27?,28?,29?,30?,31?,32?,33?,34?,35?,36?,37?,38?,39?,40?,42+,43-/m1/s1. The zero-order valence-corrected chi connectivity index (χ0v) is 36.7. The number of rotatable bonds is 15. The van der Waals surface area contributed by atoms with Crippen LogP contribution in [0.1, 0.15) is 71.6 Å². The minimum Gasteiger partial charge on any atom is -0.432 e. The van der Waals surface area contributed by atoms with E-state index in [-0.39, 0.29) is 30.1 Å². The Morgan fingerprint density at radius 3 is 1.83 bits per heavy atom. The van der Waals surface area contributed by atoms with Gasteiger partial charge in [0.05, 0.1) is 37.9 Å². The third kappa shape index (κ3) is 10.3. The lowest BCUT2D eigenvalue weighted by Gasteiger charge is -2.59. The normalized spacial score (nSPS) is 48.0. The monoisotopic (exact) mass is 940 g/mol. The highest BCUT2D eigenvalue weighted by Crippen LogP contribution is 2.64. The van der Waals surface area contributed by atoms with Gasteiger partial charge < -0.3 is 105 Å². The summed E-state index contributed by atoms with van der Waals surface area (Å²) in [7, 11) is 0. The molecule has 0 aromatic rings. The maximum atomic E-state index is 14.6. The molecule has 0 aromatic carbocycles. The van der Waals surface area contributed by atoms with Crippen LogP contribution in [0, 0.1) is 34.5 Å². The fourth-order valence-electron chi connectivity index (χ4n) is 11.9. The summed E-state index contributed by atoms with van der Waals surface area (Å²) in [6, 6.07) is 0. The van der Waals surface area contributed by atoms with Gasteiger partial charge in [-0.05, 0) is 87.4 Å². The Bertz CT molecular complexity index is 1570. The molecule has 15 N–H and O–H groups in total. The number of carbonyl (C=O) groups is 1. The molecule has 0 aromatic heterocycles. The highest BCUT2D eigenvalue weighted by atomic mass is 16.8. The molecule has 0 radical (unpaired) electrons. The lowest BCUT2D eigenvalue weighted by Crippen LogP contribution is -2.65. The van der Waals surface area contributed by atoms with E-state index in [1.807, 2.05) is 0 Å². The predicted molar refractivity (Wildman–Crippen MR) is 217 cm³/mol. The molecule has 3 heterocycles. The van der Waals surface area contributed by atoms with Gasteiger partial charge in [-0.15, -0.1) is 0 Å². The van der Waals surface area contributed by atoms with E-state index < -0.39 is 160 Å². The summed E-state index contributed by atoms with van der Waals surface area (Å²) < 4.78 is 34.6. The summed E-state index contributed by atoms with van der Waals surface area (Å²) in [6.45, 7) is 5.17. The van der Waals surface area contributed by atoms with Gasteiger partial charge in [-0.1, -0.05) is 25.5 Å². The van der Waals surface area contributed by atoms with Crippen molar-refractivity contribution in [2.24, 2.45) is 34.5 Å². The van der Waals surface area contributed by atoms with E-state index >= 15 is 0 Å². The predicted octanol–water partition coefficient (Wildman–Crippen LogP) is -5.00. The molecule has 376 valence electrons. The zero-order valence-electron chi connectivity index (χ0n) is 36.7. The van der Waals surface area contributed by atoms with Crippen LogP contribution >= 0.6 is 0 Å². The molecule has 6 fully saturated rings. The van der Waals surface area contributed by atoms with Crippen LogP contribution in [0.4, 0.5) is 0 Å². The highest BCUT2D eigenvalue weighted by Gasteiger charge is 2.61. The van der Waals surface area contributed by atoms with Crippen LogP contribution in [0.5, 0.6) is 0 Å². The van der Waals surface area contributed by atoms with Crippen molar-refractivity contribution in [3.63, 3.8) is 0 Å². The maximum absolute atomic E-state index is 14.6. The number of aliphatic hydroxyl groups excluding tert-OH is 15. The first kappa shape index (κ1) is 52.8. The van der Waals surface area contributed by atoms with E-state index in [1.165, 1.54) is 0 Å². The Balaban J connectivity index is 1.20. The van der Waals surface area contributed by atoms with Crippen LogP contribution in [0.25, 0.3) is 0 Å². The molecule has 3 aliphatic carbocycles. The Hall–Kier alpha value is -1.59. The second-order valence-corrected chi connectivity index (χ2v) is 19.7. The van der Waals surface area contributed by atoms with Gasteiger partial charge in [0.2, 0.25) is 6.29 Å². The molecule has 22 heteroatoms. The van der Waals surface area contributed by atoms with Crippen LogP contribution in [0.15, 0.2) is 12.2 Å². The number of hydrogen-bond donors (Lipinski definition) is 15. The third-order valence-corrected chi connectivity index (χ3v) is 15.8. The summed E-state index contributed by atoms with van der Waals surface area (Å²) in [5, 5.41) is 156. The van der Waals surface area contributed by atoms with Crippen LogP contribution in [0.2, 0.25) is 0 Å². The van der Waals surface area contributed by atoms with E-state index in [9.17, 15) is 81.4 Å². The van der Waals surface area contributed by atoms with Crippen LogP contribution < -0.4 is 0 Å². The quantitative estimate of drug-likeness (QED) is 0.0540. The number of hydrogen-bond acceptors (Lipinski definition) is 22. The second-order valence-electron chi connectivity index (χ2n) is 19.7. The van der Waals surface area contributed by atoms with Gasteiger partial charge in [0.25, 0.3) is 0 Å². The second kappa shape index (κ2) is 21.6. The summed E-state index contributed by atoms with van der Waals surface area (Å²) >= 11 is 0. The van der Waals surface area contributed by atoms with Crippen LogP contribution in [-0.4, -0.2) is 226 Å². The summed E-state index contributed by atoms with van der Waals surface area (Å²) in [5.74, 6) is -1.17. The van der Waals surface area contributed by atoms with Crippen molar-refractivity contribution in [1.82, 2.24) is 0 Å². The molecule has 22 nitrogen and oxygen atoms in total. The fraction of sp³-hybridized carbons (Fsp3) is 0.930. The molecule has 3 saturated carbocycles. The Morgan fingerprint density at radius 2 is 1.25 bits per heavy atom. The largest absolute Gasteiger partial charge is 0.432 e. The number of esters is 1. The van der Waals surface area contributed by atoms with E-state index in [1.54, 1.807) is 6.92 Å². The van der Waals surface area contributed by atoms with Crippen molar-refractivity contribution in [1.29, 1.82) is 0 Å². The number of carbonyl (C=O) groups excluding carboxylic acids is 1. The molecule has 25 atom stereocenters. The molecular formula is C43H72O22. The topological polar surface area (TPSA) is 376 Å². The molecule has 6 rings (SSSR count). The summed E-state index contributed by atoms with van der Waals surface area (Å²) in [6.07, 6.45) is -27.7. The molecule has 22 unspecified atom stereocenters. The first-order chi connectivity index (χ1) is 30.7. The van der Waals surface area contributed by atoms with Crippen molar-refractivity contribution < 1.29 is 110 Å². The van der Waals surface area contributed by atoms with Crippen molar-refractivity contribution in [2.45, 2.75) is 188 Å². The smallest absolute Gasteiger partial charge is 0.314 e. The minimum atomic E-state index is -1.91. The molecule has 3 saturated heterocycles. The van der Waals surface area contributed by atoms with E-state index in [2.05, 4.69) is 13.5 Å². The van der Waals surface area contributed by atoms with Gasteiger partial charge >= 0.3 is 5.97 Å². The Labute approximate surface area is 376 Å². The first-order valence-electron chi connectivity index (χ1n) is 22.7. The molecule has 65 heavy (non-hydrogen) atoms. The highest BCUT2D eigenvalue weighted by molar-refractivity contribution is 5.77. The van der Waals surface area contributed by atoms with Gasteiger partial charge in [0.15, 0.2) is 18.7 Å². The minimum absolute atomic E-state index is 0.0169. The van der Waals surface area contributed by atoms with Crippen LogP contribution in [-0.2, 0) is 33.2 Å². The number of aliphatic hydroxyl groups is 15. The van der Waals surface area contributed by atoms with Crippen LogP contribution in [0.3, 0.4) is 0 Å². The van der Waals surface area contributed by atoms with Crippen molar-refractivity contribution in [2.75, 3.05) is 26.4 Å². The van der Waals surface area contributed by atoms with E-state index in [0.29, 0.717) is 44.9 Å². The maximum Gasteiger partial charge on any atom is 0.314 e. The lowest BCUT2D eigenvalue weighted by atomic mass is 9.45. The summed E-state index contributed by atoms with van der Waals surface area (Å²) in [4.78, 5) is 14.6. The molecular weight excluding hydrogens is 868 g/mol. The number of allylic oxidation sites excluding steroid dienone is 1. The van der Waals surface area contributed by atoms with Gasteiger partial charge in [0.1, 0.15) is 85.5 Å². The summed E-state index contributed by atoms with van der Waals surface area (Å²) in [5.41, 5.74) is -0.769.